The van der Waals surface area contributed by atoms with Gasteiger partial charge in [0.1, 0.15) is 0 Å². The third kappa shape index (κ3) is 5.95. The van der Waals surface area contributed by atoms with E-state index >= 15 is 0 Å². The zero-order chi connectivity index (χ0) is 21.5. The van der Waals surface area contributed by atoms with E-state index < -0.39 is 11.8 Å². The highest BCUT2D eigenvalue weighted by atomic mass is 35.5. The van der Waals surface area contributed by atoms with Crippen LogP contribution in [0.25, 0.3) is 0 Å². The van der Waals surface area contributed by atoms with Crippen molar-refractivity contribution < 1.29 is 14.3 Å². The van der Waals surface area contributed by atoms with Gasteiger partial charge in [0.15, 0.2) is 0 Å². The molecule has 0 unspecified atom stereocenters. The maximum Gasteiger partial charge on any atom is 0.313 e. The summed E-state index contributed by atoms with van der Waals surface area (Å²) in [4.78, 5) is 29.0. The molecule has 1 aliphatic heterocycles. The Morgan fingerprint density at radius 2 is 1.80 bits per heavy atom. The number of halogens is 1. The van der Waals surface area contributed by atoms with Gasteiger partial charge in [0.05, 0.1) is 19.3 Å². The molecule has 0 aromatic heterocycles. The van der Waals surface area contributed by atoms with Gasteiger partial charge >= 0.3 is 11.8 Å². The fourth-order valence-corrected chi connectivity index (χ4v) is 3.56. The molecule has 8 heteroatoms. The Bertz CT molecular complexity index is 867. The van der Waals surface area contributed by atoms with Gasteiger partial charge in [-0.15, -0.1) is 0 Å². The molecule has 1 atom stereocenters. The molecular formula is C22H27ClN4O3. The van der Waals surface area contributed by atoms with Crippen molar-refractivity contribution in [2.75, 3.05) is 57.2 Å². The number of carbonyl (C=O) groups excluding carboxylic acids is 2. The first-order valence-electron chi connectivity index (χ1n) is 9.88. The molecular weight excluding hydrogens is 404 g/mol. The van der Waals surface area contributed by atoms with Crippen molar-refractivity contribution >= 4 is 34.8 Å². The summed E-state index contributed by atoms with van der Waals surface area (Å²) in [6, 6.07) is 14.9. The van der Waals surface area contributed by atoms with E-state index in [-0.39, 0.29) is 6.04 Å². The highest BCUT2D eigenvalue weighted by Crippen LogP contribution is 2.24. The molecule has 0 aliphatic carbocycles. The molecule has 30 heavy (non-hydrogen) atoms. The summed E-state index contributed by atoms with van der Waals surface area (Å²) < 4.78 is 5.47. The summed E-state index contributed by atoms with van der Waals surface area (Å²) in [5.41, 5.74) is 2.66. The number of hydrogen-bond acceptors (Lipinski definition) is 5. The molecule has 0 saturated carbocycles. The predicted octanol–water partition coefficient (Wildman–Crippen LogP) is 2.53. The van der Waals surface area contributed by atoms with E-state index in [1.807, 2.05) is 19.0 Å². The molecule has 0 radical (unpaired) electrons. The zero-order valence-corrected chi connectivity index (χ0v) is 18.0. The van der Waals surface area contributed by atoms with Gasteiger partial charge in [-0.25, -0.2) is 0 Å². The van der Waals surface area contributed by atoms with Gasteiger partial charge in [0, 0.05) is 50.1 Å². The number of nitrogens with one attached hydrogen (secondary N) is 2. The van der Waals surface area contributed by atoms with Crippen molar-refractivity contribution in [3.63, 3.8) is 0 Å². The minimum atomic E-state index is -0.721. The van der Waals surface area contributed by atoms with Crippen LogP contribution in [0.15, 0.2) is 48.5 Å². The molecule has 7 nitrogen and oxygen atoms in total. The number of nitrogens with zero attached hydrogens (tertiary/aromatic N) is 2. The summed E-state index contributed by atoms with van der Waals surface area (Å²) in [7, 11) is 3.99. The lowest BCUT2D eigenvalue weighted by atomic mass is 10.0. The second-order valence-corrected chi connectivity index (χ2v) is 7.76. The van der Waals surface area contributed by atoms with Crippen molar-refractivity contribution in [2.45, 2.75) is 6.04 Å². The Morgan fingerprint density at radius 3 is 2.43 bits per heavy atom. The van der Waals surface area contributed by atoms with Crippen LogP contribution in [0, 0.1) is 0 Å². The SMILES string of the molecule is CN(C)c1ccc([C@H](CNC(=O)C(=O)Nc2cccc(Cl)c2)N2CCOCC2)cc1. The second kappa shape index (κ2) is 10.4. The van der Waals surface area contributed by atoms with Crippen LogP contribution in [0.5, 0.6) is 0 Å². The molecule has 2 aromatic carbocycles. The number of amides is 2. The maximum absolute atomic E-state index is 12.4. The third-order valence-corrected chi connectivity index (χ3v) is 5.26. The van der Waals surface area contributed by atoms with Crippen LogP contribution >= 0.6 is 11.6 Å². The summed E-state index contributed by atoms with van der Waals surface area (Å²) in [5, 5.41) is 5.83. The molecule has 2 amide bonds. The molecule has 160 valence electrons. The first-order chi connectivity index (χ1) is 14.4. The minimum absolute atomic E-state index is 0.0481. The lowest BCUT2D eigenvalue weighted by Crippen LogP contribution is -2.45. The summed E-state index contributed by atoms with van der Waals surface area (Å²) in [6.45, 7) is 3.16. The van der Waals surface area contributed by atoms with E-state index in [0.29, 0.717) is 30.5 Å². The molecule has 1 fully saturated rings. The van der Waals surface area contributed by atoms with Gasteiger partial charge in [-0.05, 0) is 35.9 Å². The van der Waals surface area contributed by atoms with Crippen LogP contribution in [-0.2, 0) is 14.3 Å². The first-order valence-corrected chi connectivity index (χ1v) is 10.3. The van der Waals surface area contributed by atoms with Crippen molar-refractivity contribution in [2.24, 2.45) is 0 Å². The number of ether oxygens (including phenoxy) is 1. The third-order valence-electron chi connectivity index (χ3n) is 5.03. The van der Waals surface area contributed by atoms with Gasteiger partial charge in [0.25, 0.3) is 0 Å². The Hall–Kier alpha value is -2.61. The quantitative estimate of drug-likeness (QED) is 0.689. The van der Waals surface area contributed by atoms with E-state index in [2.05, 4.69) is 39.8 Å². The van der Waals surface area contributed by atoms with Crippen LogP contribution in [0.3, 0.4) is 0 Å². The number of morpholine rings is 1. The van der Waals surface area contributed by atoms with Crippen molar-refractivity contribution in [1.82, 2.24) is 10.2 Å². The van der Waals surface area contributed by atoms with E-state index in [4.69, 9.17) is 16.3 Å². The van der Waals surface area contributed by atoms with Crippen LogP contribution in [-0.4, -0.2) is 63.7 Å². The number of anilines is 2. The van der Waals surface area contributed by atoms with Crippen LogP contribution in [0.2, 0.25) is 5.02 Å². The Kier molecular flexibility index (Phi) is 7.68. The normalized spacial score (nSPS) is 15.3. The van der Waals surface area contributed by atoms with Gasteiger partial charge in [-0.1, -0.05) is 29.8 Å². The lowest BCUT2D eigenvalue weighted by molar-refractivity contribution is -0.136. The predicted molar refractivity (Wildman–Crippen MR) is 119 cm³/mol. The standard InChI is InChI=1S/C22H27ClN4O3/c1-26(2)19-8-6-16(7-9-19)20(27-10-12-30-13-11-27)15-24-21(28)22(29)25-18-5-3-4-17(23)14-18/h3-9,14,20H,10-13,15H2,1-2H3,(H,24,28)(H,25,29)/t20-/m0/s1. The number of carbonyl (C=O) groups is 2. The van der Waals surface area contributed by atoms with Crippen molar-refractivity contribution in [1.29, 1.82) is 0 Å². The monoisotopic (exact) mass is 430 g/mol. The minimum Gasteiger partial charge on any atom is -0.379 e. The molecule has 2 aromatic rings. The van der Waals surface area contributed by atoms with Gasteiger partial charge < -0.3 is 20.3 Å². The van der Waals surface area contributed by atoms with Crippen LogP contribution < -0.4 is 15.5 Å². The molecule has 2 N–H and O–H groups in total. The highest BCUT2D eigenvalue weighted by molar-refractivity contribution is 6.39. The average Bonchev–Trinajstić information content (AvgIpc) is 2.75. The second-order valence-electron chi connectivity index (χ2n) is 7.32. The molecule has 1 aliphatic rings. The Morgan fingerprint density at radius 1 is 1.10 bits per heavy atom. The van der Waals surface area contributed by atoms with Crippen LogP contribution in [0.1, 0.15) is 11.6 Å². The van der Waals surface area contributed by atoms with Crippen molar-refractivity contribution in [3.05, 3.63) is 59.1 Å². The van der Waals surface area contributed by atoms with E-state index in [9.17, 15) is 9.59 Å². The Labute approximate surface area is 181 Å². The average molecular weight is 431 g/mol. The zero-order valence-electron chi connectivity index (χ0n) is 17.2. The number of rotatable bonds is 6. The van der Waals surface area contributed by atoms with Gasteiger partial charge in [-0.2, -0.15) is 0 Å². The maximum atomic E-state index is 12.4. The molecule has 3 rings (SSSR count). The fraction of sp³-hybridized carbons (Fsp3) is 0.364. The topological polar surface area (TPSA) is 73.9 Å². The van der Waals surface area contributed by atoms with Gasteiger partial charge in [-0.3, -0.25) is 14.5 Å². The summed E-state index contributed by atoms with van der Waals surface area (Å²) in [6.07, 6.45) is 0. The molecule has 0 spiro atoms. The Balaban J connectivity index is 1.66. The molecule has 1 saturated heterocycles. The smallest absolute Gasteiger partial charge is 0.313 e. The lowest BCUT2D eigenvalue weighted by Gasteiger charge is -2.35. The molecule has 0 bridgehead atoms. The van der Waals surface area contributed by atoms with Gasteiger partial charge in [0.2, 0.25) is 0 Å². The van der Waals surface area contributed by atoms with E-state index in [1.165, 1.54) is 0 Å². The summed E-state index contributed by atoms with van der Waals surface area (Å²) in [5.74, 6) is -1.40. The number of hydrogen-bond donors (Lipinski definition) is 2. The van der Waals surface area contributed by atoms with E-state index in [0.717, 1.165) is 24.3 Å². The fourth-order valence-electron chi connectivity index (χ4n) is 3.37. The van der Waals surface area contributed by atoms with Crippen molar-refractivity contribution in [3.8, 4) is 0 Å². The number of benzene rings is 2. The first kappa shape index (κ1) is 22.1. The molecule has 1 heterocycles. The largest absolute Gasteiger partial charge is 0.379 e. The van der Waals surface area contributed by atoms with E-state index in [1.54, 1.807) is 24.3 Å². The summed E-state index contributed by atoms with van der Waals surface area (Å²) >= 11 is 5.92. The highest BCUT2D eigenvalue weighted by Gasteiger charge is 2.24. The van der Waals surface area contributed by atoms with Crippen LogP contribution in [0.4, 0.5) is 11.4 Å².